The molecule has 0 radical (unpaired) electrons. The number of alkyl halides is 3. The van der Waals surface area contributed by atoms with Gasteiger partial charge in [-0.05, 0) is 18.2 Å². The molecule has 0 amide bonds. The van der Waals surface area contributed by atoms with Crippen LogP contribution in [0.5, 0.6) is 0 Å². The van der Waals surface area contributed by atoms with Crippen molar-refractivity contribution in [2.45, 2.75) is 6.18 Å². The molecule has 4 nitrogen and oxygen atoms in total. The van der Waals surface area contributed by atoms with Crippen LogP contribution in [0, 0.1) is 0 Å². The van der Waals surface area contributed by atoms with E-state index in [0.717, 1.165) is 18.4 Å². The maximum absolute atomic E-state index is 12.5. The van der Waals surface area contributed by atoms with E-state index in [0.29, 0.717) is 0 Å². The topological polar surface area (TPSA) is 63.3 Å². The van der Waals surface area contributed by atoms with Crippen LogP contribution in [-0.2, 0) is 6.18 Å². The first-order chi connectivity index (χ1) is 8.38. The molecule has 0 spiro atoms. The van der Waals surface area contributed by atoms with Crippen molar-refractivity contribution in [3.63, 3.8) is 0 Å². The molecule has 0 fully saturated rings. The number of carboxylic acid groups (broad SMARTS) is 1. The van der Waals surface area contributed by atoms with Gasteiger partial charge in [0.1, 0.15) is 6.26 Å². The summed E-state index contributed by atoms with van der Waals surface area (Å²) in [5.74, 6) is -1.48. The van der Waals surface area contributed by atoms with Crippen molar-refractivity contribution in [1.29, 1.82) is 0 Å². The Balaban J connectivity index is 2.41. The second kappa shape index (κ2) is 4.17. The molecule has 0 bridgehead atoms. The maximum Gasteiger partial charge on any atom is 0.416 e. The lowest BCUT2D eigenvalue weighted by molar-refractivity contribution is -0.137. The van der Waals surface area contributed by atoms with Gasteiger partial charge < -0.3 is 9.52 Å². The second-order valence-electron chi connectivity index (χ2n) is 3.42. The Kier molecular flexibility index (Phi) is 2.82. The number of aromatic nitrogens is 1. The summed E-state index contributed by atoms with van der Waals surface area (Å²) in [4.78, 5) is 14.1. The number of rotatable bonds is 2. The van der Waals surface area contributed by atoms with Gasteiger partial charge in [0, 0.05) is 5.56 Å². The molecule has 0 unspecified atom stereocenters. The smallest absolute Gasteiger partial charge is 0.416 e. The molecule has 94 valence electrons. The van der Waals surface area contributed by atoms with Gasteiger partial charge in [0.25, 0.3) is 0 Å². The molecular formula is C11H6F3NO3. The van der Waals surface area contributed by atoms with Gasteiger partial charge in [-0.25, -0.2) is 9.78 Å². The van der Waals surface area contributed by atoms with Crippen molar-refractivity contribution < 1.29 is 27.5 Å². The number of aromatic carboxylic acids is 1. The van der Waals surface area contributed by atoms with Gasteiger partial charge in [-0.2, -0.15) is 13.2 Å². The Bertz CT molecular complexity index is 589. The van der Waals surface area contributed by atoms with Crippen molar-refractivity contribution in [3.8, 4) is 11.5 Å². The van der Waals surface area contributed by atoms with E-state index in [1.807, 2.05) is 0 Å². The molecular weight excluding hydrogens is 251 g/mol. The number of carbonyl (C=O) groups is 1. The quantitative estimate of drug-likeness (QED) is 0.897. The Morgan fingerprint density at radius 2 is 2.06 bits per heavy atom. The van der Waals surface area contributed by atoms with Crippen LogP contribution in [0.25, 0.3) is 11.5 Å². The number of oxazole rings is 1. The number of benzene rings is 1. The van der Waals surface area contributed by atoms with Gasteiger partial charge in [0.2, 0.25) is 5.89 Å². The summed E-state index contributed by atoms with van der Waals surface area (Å²) in [6.07, 6.45) is -3.60. The Morgan fingerprint density at radius 1 is 1.33 bits per heavy atom. The summed E-state index contributed by atoms with van der Waals surface area (Å²) in [7, 11) is 0. The molecule has 7 heteroatoms. The molecule has 2 rings (SSSR count). The highest BCUT2D eigenvalue weighted by atomic mass is 19.4. The van der Waals surface area contributed by atoms with E-state index in [9.17, 15) is 18.0 Å². The molecule has 1 aromatic heterocycles. The Labute approximate surface area is 98.7 Å². The minimum Gasteiger partial charge on any atom is -0.476 e. The van der Waals surface area contributed by atoms with Crippen molar-refractivity contribution in [3.05, 3.63) is 41.8 Å². The lowest BCUT2D eigenvalue weighted by Crippen LogP contribution is -2.04. The van der Waals surface area contributed by atoms with E-state index in [-0.39, 0.29) is 17.1 Å². The van der Waals surface area contributed by atoms with Crippen LogP contribution in [0.4, 0.5) is 13.2 Å². The van der Waals surface area contributed by atoms with E-state index >= 15 is 0 Å². The van der Waals surface area contributed by atoms with Gasteiger partial charge in [-0.3, -0.25) is 0 Å². The molecule has 0 aliphatic rings. The summed E-state index contributed by atoms with van der Waals surface area (Å²) < 4.78 is 42.2. The van der Waals surface area contributed by atoms with E-state index < -0.39 is 17.7 Å². The predicted molar refractivity (Wildman–Crippen MR) is 53.9 cm³/mol. The van der Waals surface area contributed by atoms with E-state index in [1.54, 1.807) is 0 Å². The number of nitrogens with zero attached hydrogens (tertiary/aromatic N) is 1. The third-order valence-corrected chi connectivity index (χ3v) is 2.16. The summed E-state index contributed by atoms with van der Waals surface area (Å²) in [6, 6.07) is 4.30. The molecule has 2 aromatic rings. The van der Waals surface area contributed by atoms with Gasteiger partial charge in [-0.1, -0.05) is 6.07 Å². The zero-order chi connectivity index (χ0) is 13.3. The van der Waals surface area contributed by atoms with Crippen LogP contribution in [0.1, 0.15) is 16.1 Å². The summed E-state index contributed by atoms with van der Waals surface area (Å²) in [5.41, 5.74) is -1.14. The lowest BCUT2D eigenvalue weighted by Gasteiger charge is -2.06. The molecule has 0 atom stereocenters. The van der Waals surface area contributed by atoms with E-state index in [2.05, 4.69) is 4.98 Å². The molecule has 1 heterocycles. The second-order valence-corrected chi connectivity index (χ2v) is 3.42. The van der Waals surface area contributed by atoms with Crippen LogP contribution in [0.2, 0.25) is 0 Å². The fraction of sp³-hybridized carbons (Fsp3) is 0.0909. The summed E-state index contributed by atoms with van der Waals surface area (Å²) in [6.45, 7) is 0. The third kappa shape index (κ3) is 2.34. The molecule has 1 N–H and O–H groups in total. The van der Waals surface area contributed by atoms with Crippen LogP contribution in [0.15, 0.2) is 34.9 Å². The molecule has 0 saturated carbocycles. The van der Waals surface area contributed by atoms with Crippen molar-refractivity contribution >= 4 is 5.97 Å². The molecule has 18 heavy (non-hydrogen) atoms. The first-order valence-corrected chi connectivity index (χ1v) is 4.74. The minimum absolute atomic E-state index is 0.0670. The fourth-order valence-electron chi connectivity index (χ4n) is 1.33. The Morgan fingerprint density at radius 3 is 2.61 bits per heavy atom. The van der Waals surface area contributed by atoms with Gasteiger partial charge >= 0.3 is 12.1 Å². The fourth-order valence-corrected chi connectivity index (χ4v) is 1.33. The molecule has 1 aromatic carbocycles. The van der Waals surface area contributed by atoms with Crippen LogP contribution >= 0.6 is 0 Å². The summed E-state index contributed by atoms with van der Waals surface area (Å²) in [5, 5.41) is 8.63. The molecule has 0 aliphatic heterocycles. The average Bonchev–Trinajstić information content (AvgIpc) is 2.77. The first-order valence-electron chi connectivity index (χ1n) is 4.74. The predicted octanol–water partition coefficient (Wildman–Crippen LogP) is 3.06. The number of hydrogen-bond donors (Lipinski definition) is 1. The monoisotopic (exact) mass is 257 g/mol. The van der Waals surface area contributed by atoms with Crippen molar-refractivity contribution in [1.82, 2.24) is 4.98 Å². The minimum atomic E-state index is -4.47. The number of halogens is 3. The molecule has 0 saturated heterocycles. The van der Waals surface area contributed by atoms with Crippen molar-refractivity contribution in [2.24, 2.45) is 0 Å². The van der Waals surface area contributed by atoms with Crippen LogP contribution in [0.3, 0.4) is 0 Å². The average molecular weight is 257 g/mol. The number of hydrogen-bond acceptors (Lipinski definition) is 3. The lowest BCUT2D eigenvalue weighted by atomic mass is 10.1. The Hall–Kier alpha value is -2.31. The van der Waals surface area contributed by atoms with E-state index in [4.69, 9.17) is 9.52 Å². The zero-order valence-electron chi connectivity index (χ0n) is 8.73. The van der Waals surface area contributed by atoms with E-state index in [1.165, 1.54) is 12.1 Å². The van der Waals surface area contributed by atoms with Gasteiger partial charge in [0.05, 0.1) is 5.56 Å². The highest BCUT2D eigenvalue weighted by Gasteiger charge is 2.30. The standard InChI is InChI=1S/C11H6F3NO3/c12-11(13,14)7-3-1-2-6(4-7)9-15-8(5-18-9)10(16)17/h1-5H,(H,16,17). The summed E-state index contributed by atoms with van der Waals surface area (Å²) >= 11 is 0. The van der Waals surface area contributed by atoms with Crippen LogP contribution in [-0.4, -0.2) is 16.1 Å². The molecule has 0 aliphatic carbocycles. The largest absolute Gasteiger partial charge is 0.476 e. The number of carboxylic acids is 1. The SMILES string of the molecule is O=C(O)c1coc(-c2cccc(C(F)(F)F)c2)n1. The van der Waals surface area contributed by atoms with Gasteiger partial charge in [0.15, 0.2) is 5.69 Å². The van der Waals surface area contributed by atoms with Gasteiger partial charge in [-0.15, -0.1) is 0 Å². The van der Waals surface area contributed by atoms with Crippen LogP contribution < -0.4 is 0 Å². The normalized spacial score (nSPS) is 11.5. The third-order valence-electron chi connectivity index (χ3n) is 2.16. The zero-order valence-corrected chi connectivity index (χ0v) is 8.73. The maximum atomic E-state index is 12.5. The first kappa shape index (κ1) is 12.2. The van der Waals surface area contributed by atoms with Crippen molar-refractivity contribution in [2.75, 3.05) is 0 Å². The highest BCUT2D eigenvalue weighted by Crippen LogP contribution is 2.31. The highest BCUT2D eigenvalue weighted by molar-refractivity contribution is 5.85.